The monoisotopic (exact) mass is 516 g/mol. The molecule has 11 heteroatoms. The molecule has 0 aliphatic carbocycles. The first-order chi connectivity index (χ1) is 17.2. The quantitative estimate of drug-likeness (QED) is 0.372. The van der Waals surface area contributed by atoms with Crippen molar-refractivity contribution in [2.45, 2.75) is 19.5 Å². The SMILES string of the molecule is CCCNC(=O)c1ccc(-c2cc(C(=O)[O-])cc(-n3cc(-c4ccc(C(F)(F)F)cc4)nn3)c2)cc1.[Na+]. The van der Waals surface area contributed by atoms with E-state index in [9.17, 15) is 27.9 Å². The number of halogens is 3. The minimum atomic E-state index is -4.45. The summed E-state index contributed by atoms with van der Waals surface area (Å²) in [5, 5.41) is 22.5. The predicted molar refractivity (Wildman–Crippen MR) is 124 cm³/mol. The second kappa shape index (κ2) is 11.7. The maximum absolute atomic E-state index is 12.8. The Morgan fingerprint density at radius 3 is 2.16 bits per heavy atom. The molecule has 1 aromatic heterocycles. The maximum Gasteiger partial charge on any atom is 1.00 e. The maximum atomic E-state index is 12.8. The van der Waals surface area contributed by atoms with Crippen LogP contribution in [0.1, 0.15) is 39.6 Å². The van der Waals surface area contributed by atoms with E-state index in [2.05, 4.69) is 15.6 Å². The number of amides is 1. The van der Waals surface area contributed by atoms with Gasteiger partial charge in [-0.15, -0.1) is 5.10 Å². The molecule has 3 aromatic carbocycles. The zero-order chi connectivity index (χ0) is 25.9. The van der Waals surface area contributed by atoms with Gasteiger partial charge in [0.25, 0.3) is 5.91 Å². The summed E-state index contributed by atoms with van der Waals surface area (Å²) in [4.78, 5) is 23.8. The van der Waals surface area contributed by atoms with Crippen LogP contribution in [-0.4, -0.2) is 33.4 Å². The average Bonchev–Trinajstić information content (AvgIpc) is 3.37. The molecule has 0 aliphatic heterocycles. The van der Waals surface area contributed by atoms with Crippen LogP contribution in [-0.2, 0) is 6.18 Å². The second-order valence-electron chi connectivity index (χ2n) is 8.01. The molecular weight excluding hydrogens is 496 g/mol. The molecule has 37 heavy (non-hydrogen) atoms. The number of benzene rings is 3. The first kappa shape index (κ1) is 28.1. The van der Waals surface area contributed by atoms with E-state index < -0.39 is 17.7 Å². The van der Waals surface area contributed by atoms with E-state index in [1.807, 2.05) is 6.92 Å². The fraction of sp³-hybridized carbons (Fsp3) is 0.154. The van der Waals surface area contributed by atoms with Crippen LogP contribution in [0.3, 0.4) is 0 Å². The molecule has 4 rings (SSSR count). The van der Waals surface area contributed by atoms with E-state index >= 15 is 0 Å². The molecule has 1 heterocycles. The molecule has 1 amide bonds. The van der Waals surface area contributed by atoms with E-state index in [1.165, 1.54) is 35.1 Å². The minimum absolute atomic E-state index is 0. The number of aromatic carboxylic acids is 1. The number of carboxylic acids is 1. The standard InChI is InChI=1S/C26H21F3N4O3.Na/c1-2-11-30-24(34)18-5-3-16(4-6-18)19-12-20(25(35)36)14-22(13-19)33-15-23(31-32-33)17-7-9-21(10-8-17)26(27,28)29;/h3-10,12-15H,2,11H2,1H3,(H,30,34)(H,35,36);/q;+1/p-1. The van der Waals surface area contributed by atoms with Gasteiger partial charge in [-0.05, 0) is 65.6 Å². The van der Waals surface area contributed by atoms with Crippen LogP contribution >= 0.6 is 0 Å². The summed E-state index contributed by atoms with van der Waals surface area (Å²) in [5.74, 6) is -1.59. The van der Waals surface area contributed by atoms with Crippen molar-refractivity contribution in [1.82, 2.24) is 20.3 Å². The van der Waals surface area contributed by atoms with Gasteiger partial charge in [-0.1, -0.05) is 36.4 Å². The molecule has 184 valence electrons. The van der Waals surface area contributed by atoms with Crippen molar-refractivity contribution in [1.29, 1.82) is 0 Å². The second-order valence-corrected chi connectivity index (χ2v) is 8.01. The number of nitrogens with zero attached hydrogens (tertiary/aromatic N) is 3. The van der Waals surface area contributed by atoms with Crippen LogP contribution in [0, 0.1) is 0 Å². The molecule has 0 saturated carbocycles. The third kappa shape index (κ3) is 6.65. The fourth-order valence-corrected chi connectivity index (χ4v) is 3.53. The Morgan fingerprint density at radius 1 is 0.919 bits per heavy atom. The third-order valence-electron chi connectivity index (χ3n) is 5.44. The van der Waals surface area contributed by atoms with E-state index in [-0.39, 0.29) is 41.0 Å². The molecule has 0 unspecified atom stereocenters. The van der Waals surface area contributed by atoms with Gasteiger partial charge in [-0.3, -0.25) is 4.79 Å². The summed E-state index contributed by atoms with van der Waals surface area (Å²) < 4.78 is 39.8. The summed E-state index contributed by atoms with van der Waals surface area (Å²) in [5.41, 5.74) is 1.89. The summed E-state index contributed by atoms with van der Waals surface area (Å²) in [6, 6.07) is 15.7. The predicted octanol–water partition coefficient (Wildman–Crippen LogP) is 1.13. The molecule has 0 fully saturated rings. The van der Waals surface area contributed by atoms with Crippen LogP contribution in [0.5, 0.6) is 0 Å². The van der Waals surface area contributed by atoms with Crippen molar-refractivity contribution < 1.29 is 57.4 Å². The van der Waals surface area contributed by atoms with E-state index in [1.54, 1.807) is 30.3 Å². The molecule has 0 saturated heterocycles. The number of hydrogen-bond donors (Lipinski definition) is 1. The normalized spacial score (nSPS) is 11.0. The number of nitrogens with one attached hydrogen (secondary N) is 1. The van der Waals surface area contributed by atoms with Gasteiger partial charge in [-0.2, -0.15) is 13.2 Å². The minimum Gasteiger partial charge on any atom is -0.545 e. The number of carbonyl (C=O) groups excluding carboxylic acids is 2. The number of carboxylic acid groups (broad SMARTS) is 1. The van der Waals surface area contributed by atoms with Gasteiger partial charge in [0.05, 0.1) is 23.4 Å². The number of alkyl halides is 3. The van der Waals surface area contributed by atoms with Crippen molar-refractivity contribution in [3.8, 4) is 28.1 Å². The molecule has 1 N–H and O–H groups in total. The van der Waals surface area contributed by atoms with Gasteiger partial charge in [0.2, 0.25) is 0 Å². The van der Waals surface area contributed by atoms with Crippen LogP contribution in [0.25, 0.3) is 28.1 Å². The van der Waals surface area contributed by atoms with E-state index in [0.717, 1.165) is 18.6 Å². The fourth-order valence-electron chi connectivity index (χ4n) is 3.53. The first-order valence-corrected chi connectivity index (χ1v) is 11.0. The van der Waals surface area contributed by atoms with Crippen LogP contribution < -0.4 is 40.0 Å². The Kier molecular flexibility index (Phi) is 8.90. The van der Waals surface area contributed by atoms with Crippen LogP contribution in [0.4, 0.5) is 13.2 Å². The van der Waals surface area contributed by atoms with Gasteiger partial charge in [-0.25, -0.2) is 4.68 Å². The average molecular weight is 516 g/mol. The molecule has 0 bridgehead atoms. The van der Waals surface area contributed by atoms with Crippen molar-refractivity contribution in [2.75, 3.05) is 6.54 Å². The van der Waals surface area contributed by atoms with Crippen LogP contribution in [0.2, 0.25) is 0 Å². The first-order valence-electron chi connectivity index (χ1n) is 11.0. The molecule has 0 radical (unpaired) electrons. The molecule has 0 atom stereocenters. The zero-order valence-electron chi connectivity index (χ0n) is 20.0. The summed E-state index contributed by atoms with van der Waals surface area (Å²) in [6.45, 7) is 2.51. The van der Waals surface area contributed by atoms with Crippen molar-refractivity contribution in [3.63, 3.8) is 0 Å². The van der Waals surface area contributed by atoms with Crippen molar-refractivity contribution in [3.05, 3.63) is 89.6 Å². The summed E-state index contributed by atoms with van der Waals surface area (Å²) in [6.07, 6.45) is -2.15. The number of rotatable bonds is 7. The molecule has 7 nitrogen and oxygen atoms in total. The molecule has 0 spiro atoms. The van der Waals surface area contributed by atoms with Gasteiger partial charge in [0.1, 0.15) is 5.69 Å². The Bertz CT molecular complexity index is 1400. The number of hydrogen-bond acceptors (Lipinski definition) is 5. The number of carbonyl (C=O) groups is 2. The zero-order valence-corrected chi connectivity index (χ0v) is 22.0. The Morgan fingerprint density at radius 2 is 1.57 bits per heavy atom. The Balaban J connectivity index is 0.00000380. The Labute approximate surface area is 232 Å². The van der Waals surface area contributed by atoms with Crippen molar-refractivity contribution >= 4 is 11.9 Å². The summed E-state index contributed by atoms with van der Waals surface area (Å²) in [7, 11) is 0. The van der Waals surface area contributed by atoms with Gasteiger partial charge in [0, 0.05) is 17.7 Å². The largest absolute Gasteiger partial charge is 1.00 e. The molecule has 0 aliphatic rings. The smallest absolute Gasteiger partial charge is 0.545 e. The van der Waals surface area contributed by atoms with Gasteiger partial charge in [0.15, 0.2) is 0 Å². The van der Waals surface area contributed by atoms with Gasteiger partial charge >= 0.3 is 35.7 Å². The summed E-state index contributed by atoms with van der Waals surface area (Å²) >= 11 is 0. The molecule has 4 aromatic rings. The molecular formula is C26H20F3N4NaO3. The Hall–Kier alpha value is -3.47. The van der Waals surface area contributed by atoms with Gasteiger partial charge < -0.3 is 15.2 Å². The number of aromatic nitrogens is 3. The van der Waals surface area contributed by atoms with Crippen molar-refractivity contribution in [2.24, 2.45) is 0 Å². The van der Waals surface area contributed by atoms with E-state index in [0.29, 0.717) is 40.2 Å². The topological polar surface area (TPSA) is 99.9 Å². The third-order valence-corrected chi connectivity index (χ3v) is 5.44. The van der Waals surface area contributed by atoms with Crippen LogP contribution in [0.15, 0.2) is 72.9 Å². The van der Waals surface area contributed by atoms with E-state index in [4.69, 9.17) is 0 Å².